The van der Waals surface area contributed by atoms with Crippen molar-refractivity contribution in [1.29, 1.82) is 0 Å². The van der Waals surface area contributed by atoms with Crippen LogP contribution in [0.1, 0.15) is 37.7 Å². The Morgan fingerprint density at radius 3 is 2.62 bits per heavy atom. The van der Waals surface area contributed by atoms with Crippen LogP contribution in [0.5, 0.6) is 17.2 Å². The molecule has 0 radical (unpaired) electrons. The van der Waals surface area contributed by atoms with Gasteiger partial charge in [-0.2, -0.15) is 0 Å². The van der Waals surface area contributed by atoms with E-state index in [0.717, 1.165) is 42.7 Å². The first-order valence-corrected chi connectivity index (χ1v) is 7.62. The molecule has 1 saturated carbocycles. The maximum atomic E-state index is 10.6. The van der Waals surface area contributed by atoms with Crippen molar-refractivity contribution in [2.75, 3.05) is 20.4 Å². The zero-order valence-electron chi connectivity index (χ0n) is 12.5. The maximum absolute atomic E-state index is 10.6. The Hall–Kier alpha value is -1.46. The number of benzene rings is 1. The van der Waals surface area contributed by atoms with Crippen molar-refractivity contribution in [3.05, 3.63) is 17.7 Å². The topological polar surface area (TPSA) is 60.0 Å². The zero-order chi connectivity index (χ0) is 14.7. The highest BCUT2D eigenvalue weighted by Crippen LogP contribution is 2.39. The van der Waals surface area contributed by atoms with E-state index in [0.29, 0.717) is 18.9 Å². The van der Waals surface area contributed by atoms with E-state index in [1.165, 1.54) is 6.42 Å². The molecule has 0 bridgehead atoms. The van der Waals surface area contributed by atoms with Crippen LogP contribution >= 0.6 is 0 Å². The SMILES string of the molecule is CNCc1cc2c(cc1OCC1(O)CCCCC1)OCO2. The lowest BCUT2D eigenvalue weighted by atomic mass is 9.85. The van der Waals surface area contributed by atoms with E-state index in [2.05, 4.69) is 5.32 Å². The number of aliphatic hydroxyl groups is 1. The summed E-state index contributed by atoms with van der Waals surface area (Å²) in [5.41, 5.74) is 0.326. The van der Waals surface area contributed by atoms with Crippen molar-refractivity contribution in [2.45, 2.75) is 44.2 Å². The smallest absolute Gasteiger partial charge is 0.231 e. The lowest BCUT2D eigenvalue weighted by Gasteiger charge is -2.32. The van der Waals surface area contributed by atoms with Crippen molar-refractivity contribution in [2.24, 2.45) is 0 Å². The first kappa shape index (κ1) is 14.5. The molecule has 5 nitrogen and oxygen atoms in total. The monoisotopic (exact) mass is 293 g/mol. The normalized spacial score (nSPS) is 19.5. The van der Waals surface area contributed by atoms with Crippen LogP contribution in [-0.4, -0.2) is 31.2 Å². The molecule has 5 heteroatoms. The summed E-state index contributed by atoms with van der Waals surface area (Å²) >= 11 is 0. The van der Waals surface area contributed by atoms with E-state index in [4.69, 9.17) is 14.2 Å². The standard InChI is InChI=1S/C16H23NO4/c1-17-9-12-7-14-15(21-11-20-14)8-13(12)19-10-16(18)5-3-2-4-6-16/h7-8,17-18H,2-6,9-11H2,1H3. The molecule has 1 heterocycles. The molecular formula is C16H23NO4. The van der Waals surface area contributed by atoms with Crippen LogP contribution in [0.25, 0.3) is 0 Å². The number of nitrogens with one attached hydrogen (secondary N) is 1. The van der Waals surface area contributed by atoms with E-state index in [-0.39, 0.29) is 6.79 Å². The molecule has 0 saturated heterocycles. The number of hydrogen-bond acceptors (Lipinski definition) is 5. The Kier molecular flexibility index (Phi) is 4.22. The highest BCUT2D eigenvalue weighted by atomic mass is 16.7. The fraction of sp³-hybridized carbons (Fsp3) is 0.625. The Labute approximate surface area is 125 Å². The van der Waals surface area contributed by atoms with Gasteiger partial charge >= 0.3 is 0 Å². The molecule has 1 aromatic carbocycles. The number of ether oxygens (including phenoxy) is 3. The van der Waals surface area contributed by atoms with E-state index < -0.39 is 5.60 Å². The fourth-order valence-corrected chi connectivity index (χ4v) is 2.99. The molecule has 0 atom stereocenters. The summed E-state index contributed by atoms with van der Waals surface area (Å²) in [5.74, 6) is 2.22. The minimum absolute atomic E-state index is 0.252. The third kappa shape index (κ3) is 3.24. The molecule has 1 fully saturated rings. The van der Waals surface area contributed by atoms with Gasteiger partial charge in [-0.1, -0.05) is 19.3 Å². The summed E-state index contributed by atoms with van der Waals surface area (Å²) in [6.07, 6.45) is 4.99. The molecule has 21 heavy (non-hydrogen) atoms. The van der Waals surface area contributed by atoms with E-state index in [1.807, 2.05) is 19.2 Å². The van der Waals surface area contributed by atoms with Gasteiger partial charge < -0.3 is 24.6 Å². The van der Waals surface area contributed by atoms with Gasteiger partial charge in [0, 0.05) is 18.2 Å². The highest BCUT2D eigenvalue weighted by Gasteiger charge is 2.30. The van der Waals surface area contributed by atoms with E-state index in [1.54, 1.807) is 0 Å². The summed E-state index contributed by atoms with van der Waals surface area (Å²) in [4.78, 5) is 0. The molecule has 1 aliphatic heterocycles. The van der Waals surface area contributed by atoms with Crippen LogP contribution in [-0.2, 0) is 6.54 Å². The summed E-state index contributed by atoms with van der Waals surface area (Å²) in [6, 6.07) is 3.81. The van der Waals surface area contributed by atoms with Crippen molar-refractivity contribution in [3.8, 4) is 17.2 Å². The van der Waals surface area contributed by atoms with Crippen molar-refractivity contribution < 1.29 is 19.3 Å². The predicted molar refractivity (Wildman–Crippen MR) is 78.9 cm³/mol. The van der Waals surface area contributed by atoms with Gasteiger partial charge in [-0.05, 0) is 26.0 Å². The van der Waals surface area contributed by atoms with Crippen LogP contribution in [0.3, 0.4) is 0 Å². The highest BCUT2D eigenvalue weighted by molar-refractivity contribution is 5.51. The molecular weight excluding hydrogens is 270 g/mol. The molecule has 2 aliphatic rings. The molecule has 0 aromatic heterocycles. The van der Waals surface area contributed by atoms with Crippen molar-refractivity contribution in [3.63, 3.8) is 0 Å². The lowest BCUT2D eigenvalue weighted by molar-refractivity contribution is -0.0341. The quantitative estimate of drug-likeness (QED) is 0.871. The second kappa shape index (κ2) is 6.12. The molecule has 1 aliphatic carbocycles. The average molecular weight is 293 g/mol. The van der Waals surface area contributed by atoms with Gasteiger partial charge in [-0.25, -0.2) is 0 Å². The average Bonchev–Trinajstić information content (AvgIpc) is 2.93. The largest absolute Gasteiger partial charge is 0.490 e. The second-order valence-electron chi connectivity index (χ2n) is 5.92. The summed E-state index contributed by atoms with van der Waals surface area (Å²) in [7, 11) is 1.89. The van der Waals surface area contributed by atoms with Crippen molar-refractivity contribution in [1.82, 2.24) is 5.32 Å². The van der Waals surface area contributed by atoms with E-state index >= 15 is 0 Å². The first-order chi connectivity index (χ1) is 10.2. The van der Waals surface area contributed by atoms with Gasteiger partial charge in [0.2, 0.25) is 6.79 Å². The first-order valence-electron chi connectivity index (χ1n) is 7.62. The molecule has 0 spiro atoms. The Morgan fingerprint density at radius 2 is 1.90 bits per heavy atom. The van der Waals surface area contributed by atoms with Crippen LogP contribution in [0.2, 0.25) is 0 Å². The Bertz CT molecular complexity index is 497. The van der Waals surface area contributed by atoms with Crippen LogP contribution < -0.4 is 19.5 Å². The van der Waals surface area contributed by atoms with Crippen LogP contribution in [0.15, 0.2) is 12.1 Å². The van der Waals surface area contributed by atoms with Gasteiger partial charge in [0.15, 0.2) is 11.5 Å². The lowest BCUT2D eigenvalue weighted by Crippen LogP contribution is -2.38. The molecule has 0 amide bonds. The summed E-state index contributed by atoms with van der Waals surface area (Å²) < 4.78 is 16.7. The maximum Gasteiger partial charge on any atom is 0.231 e. The number of fused-ring (bicyclic) bond motifs is 1. The molecule has 116 valence electrons. The predicted octanol–water partition coefficient (Wildman–Crippen LogP) is 2.21. The zero-order valence-corrected chi connectivity index (χ0v) is 12.5. The third-order valence-electron chi connectivity index (χ3n) is 4.20. The Balaban J connectivity index is 1.74. The Morgan fingerprint density at radius 1 is 1.19 bits per heavy atom. The number of rotatable bonds is 5. The van der Waals surface area contributed by atoms with Crippen LogP contribution in [0, 0.1) is 0 Å². The van der Waals surface area contributed by atoms with Gasteiger partial charge in [-0.15, -0.1) is 0 Å². The third-order valence-corrected chi connectivity index (χ3v) is 4.20. The second-order valence-corrected chi connectivity index (χ2v) is 5.92. The van der Waals surface area contributed by atoms with E-state index in [9.17, 15) is 5.11 Å². The minimum atomic E-state index is -0.689. The van der Waals surface area contributed by atoms with Gasteiger partial charge in [-0.3, -0.25) is 0 Å². The molecule has 1 aromatic rings. The molecule has 3 rings (SSSR count). The minimum Gasteiger partial charge on any atom is -0.490 e. The van der Waals surface area contributed by atoms with Gasteiger partial charge in [0.05, 0.1) is 5.60 Å². The fourth-order valence-electron chi connectivity index (χ4n) is 2.99. The van der Waals surface area contributed by atoms with Gasteiger partial charge in [0.1, 0.15) is 12.4 Å². The molecule has 0 unspecified atom stereocenters. The van der Waals surface area contributed by atoms with Gasteiger partial charge in [0.25, 0.3) is 0 Å². The van der Waals surface area contributed by atoms with Crippen LogP contribution in [0.4, 0.5) is 0 Å². The van der Waals surface area contributed by atoms with Crippen molar-refractivity contribution >= 4 is 0 Å². The summed E-state index contributed by atoms with van der Waals surface area (Å²) in [6.45, 7) is 1.27. The summed E-state index contributed by atoms with van der Waals surface area (Å²) in [5, 5.41) is 13.7. The number of hydrogen-bond donors (Lipinski definition) is 2. The molecule has 2 N–H and O–H groups in total.